The average molecular weight is 227 g/mol. The van der Waals surface area contributed by atoms with Gasteiger partial charge in [-0.1, -0.05) is 31.8 Å². The first-order chi connectivity index (χ1) is 7.53. The van der Waals surface area contributed by atoms with Crippen LogP contribution in [0.1, 0.15) is 46.0 Å². The maximum absolute atomic E-state index is 12.1. The summed E-state index contributed by atoms with van der Waals surface area (Å²) in [5, 5.41) is 14.4. The Morgan fingerprint density at radius 2 is 2.12 bits per heavy atom. The van der Waals surface area contributed by atoms with E-state index in [1.165, 1.54) is 0 Å². The van der Waals surface area contributed by atoms with Crippen LogP contribution in [0.15, 0.2) is 5.16 Å². The Bertz CT molecular complexity index is 283. The van der Waals surface area contributed by atoms with E-state index >= 15 is 0 Å². The number of hydrogen-bond acceptors (Lipinski definition) is 3. The summed E-state index contributed by atoms with van der Waals surface area (Å²) in [5.74, 6) is 0.0842. The van der Waals surface area contributed by atoms with E-state index in [1.807, 2.05) is 13.8 Å². The third-order valence-electron chi connectivity index (χ3n) is 3.44. The highest BCUT2D eigenvalue weighted by atomic mass is 16.4. The van der Waals surface area contributed by atoms with Gasteiger partial charge in [0.2, 0.25) is 5.91 Å². The molecule has 0 aliphatic heterocycles. The van der Waals surface area contributed by atoms with Crippen molar-refractivity contribution in [2.75, 3.05) is 0 Å². The molecule has 0 spiro atoms. The maximum Gasteiger partial charge on any atom is 0.226 e. The van der Waals surface area contributed by atoms with E-state index in [1.54, 1.807) is 0 Å². The Balaban J connectivity index is 2.62. The maximum atomic E-state index is 12.1. The molecule has 0 heterocycles. The SMILES string of the molecule is CCC(NC(=O)C1(C)CCCC1)C(N)=NO. The summed E-state index contributed by atoms with van der Waals surface area (Å²) in [6, 6.07) is -0.366. The zero-order valence-electron chi connectivity index (χ0n) is 9.99. The lowest BCUT2D eigenvalue weighted by Gasteiger charge is -2.25. The molecule has 16 heavy (non-hydrogen) atoms. The van der Waals surface area contributed by atoms with Gasteiger partial charge >= 0.3 is 0 Å². The van der Waals surface area contributed by atoms with E-state index in [0.29, 0.717) is 6.42 Å². The molecule has 1 aliphatic rings. The van der Waals surface area contributed by atoms with Gasteiger partial charge in [-0.25, -0.2) is 0 Å². The minimum Gasteiger partial charge on any atom is -0.409 e. The van der Waals surface area contributed by atoms with Crippen molar-refractivity contribution in [1.82, 2.24) is 5.32 Å². The zero-order valence-corrected chi connectivity index (χ0v) is 9.99. The van der Waals surface area contributed by atoms with Crippen LogP contribution < -0.4 is 11.1 Å². The van der Waals surface area contributed by atoms with Crippen LogP contribution in [0.3, 0.4) is 0 Å². The molecule has 1 unspecified atom stereocenters. The first-order valence-electron chi connectivity index (χ1n) is 5.82. The molecule has 92 valence electrons. The molecule has 0 aromatic carbocycles. The van der Waals surface area contributed by atoms with E-state index in [0.717, 1.165) is 25.7 Å². The number of carbonyl (C=O) groups excluding carboxylic acids is 1. The molecule has 0 bridgehead atoms. The summed E-state index contributed by atoms with van der Waals surface area (Å²) < 4.78 is 0. The molecule has 0 radical (unpaired) electrons. The predicted octanol–water partition coefficient (Wildman–Crippen LogP) is 1.21. The fraction of sp³-hybridized carbons (Fsp3) is 0.818. The molecule has 1 aliphatic carbocycles. The second-order valence-corrected chi connectivity index (χ2v) is 4.73. The third-order valence-corrected chi connectivity index (χ3v) is 3.44. The molecule has 0 aromatic rings. The normalized spacial score (nSPS) is 21.8. The summed E-state index contributed by atoms with van der Waals surface area (Å²) in [5.41, 5.74) is 5.23. The minimum atomic E-state index is -0.366. The summed E-state index contributed by atoms with van der Waals surface area (Å²) >= 11 is 0. The average Bonchev–Trinajstić information content (AvgIpc) is 2.73. The van der Waals surface area contributed by atoms with Crippen LogP contribution in [-0.4, -0.2) is 23.0 Å². The van der Waals surface area contributed by atoms with Crippen molar-refractivity contribution in [2.45, 2.75) is 52.0 Å². The molecular weight excluding hydrogens is 206 g/mol. The number of amidine groups is 1. The zero-order chi connectivity index (χ0) is 12.2. The second kappa shape index (κ2) is 5.18. The first kappa shape index (κ1) is 12.8. The molecule has 0 saturated heterocycles. The van der Waals surface area contributed by atoms with Crippen LogP contribution in [-0.2, 0) is 4.79 Å². The third kappa shape index (κ3) is 2.65. The molecule has 1 saturated carbocycles. The van der Waals surface area contributed by atoms with E-state index in [-0.39, 0.29) is 23.2 Å². The number of hydrogen-bond donors (Lipinski definition) is 3. The lowest BCUT2D eigenvalue weighted by molar-refractivity contribution is -0.130. The lowest BCUT2D eigenvalue weighted by atomic mass is 9.87. The minimum absolute atomic E-state index is 0.0171. The quantitative estimate of drug-likeness (QED) is 0.292. The molecule has 5 heteroatoms. The van der Waals surface area contributed by atoms with E-state index in [4.69, 9.17) is 10.9 Å². The van der Waals surface area contributed by atoms with Crippen molar-refractivity contribution in [3.05, 3.63) is 0 Å². The number of rotatable bonds is 4. The van der Waals surface area contributed by atoms with Crippen molar-refractivity contribution in [2.24, 2.45) is 16.3 Å². The number of nitrogens with zero attached hydrogens (tertiary/aromatic N) is 1. The Labute approximate surface area is 96.1 Å². The standard InChI is InChI=1S/C11H21N3O2/c1-3-8(9(12)14-16)13-10(15)11(2)6-4-5-7-11/h8,16H,3-7H2,1-2H3,(H2,12,14)(H,13,15). The Hall–Kier alpha value is -1.26. The monoisotopic (exact) mass is 227 g/mol. The summed E-state index contributed by atoms with van der Waals surface area (Å²) in [7, 11) is 0. The number of nitrogens with one attached hydrogen (secondary N) is 1. The van der Waals surface area contributed by atoms with Crippen LogP contribution in [0.4, 0.5) is 0 Å². The van der Waals surface area contributed by atoms with Crippen LogP contribution >= 0.6 is 0 Å². The van der Waals surface area contributed by atoms with Gasteiger partial charge in [-0.2, -0.15) is 0 Å². The van der Waals surface area contributed by atoms with Crippen molar-refractivity contribution >= 4 is 11.7 Å². The molecule has 0 aromatic heterocycles. The Morgan fingerprint density at radius 3 is 2.56 bits per heavy atom. The van der Waals surface area contributed by atoms with Gasteiger partial charge in [-0.3, -0.25) is 4.79 Å². The van der Waals surface area contributed by atoms with Gasteiger partial charge in [0.1, 0.15) is 0 Å². The largest absolute Gasteiger partial charge is 0.409 e. The first-order valence-corrected chi connectivity index (χ1v) is 5.82. The van der Waals surface area contributed by atoms with E-state index in [9.17, 15) is 4.79 Å². The van der Waals surface area contributed by atoms with Gasteiger partial charge in [0.15, 0.2) is 5.84 Å². The number of oxime groups is 1. The second-order valence-electron chi connectivity index (χ2n) is 4.73. The predicted molar refractivity (Wildman–Crippen MR) is 62.2 cm³/mol. The highest BCUT2D eigenvalue weighted by molar-refractivity contribution is 5.91. The van der Waals surface area contributed by atoms with Gasteiger partial charge < -0.3 is 16.3 Å². The van der Waals surface area contributed by atoms with Gasteiger partial charge in [-0.05, 0) is 19.3 Å². The summed E-state index contributed by atoms with van der Waals surface area (Å²) in [6.07, 6.45) is 4.67. The highest BCUT2D eigenvalue weighted by Crippen LogP contribution is 2.37. The van der Waals surface area contributed by atoms with Crippen molar-refractivity contribution < 1.29 is 10.0 Å². The molecule has 5 nitrogen and oxygen atoms in total. The molecule has 1 fully saturated rings. The van der Waals surface area contributed by atoms with E-state index in [2.05, 4.69) is 10.5 Å². The van der Waals surface area contributed by atoms with Gasteiger partial charge in [0.05, 0.1) is 6.04 Å². The van der Waals surface area contributed by atoms with Crippen molar-refractivity contribution in [3.8, 4) is 0 Å². The van der Waals surface area contributed by atoms with Gasteiger partial charge in [0.25, 0.3) is 0 Å². The molecule has 1 rings (SSSR count). The van der Waals surface area contributed by atoms with Gasteiger partial charge in [0, 0.05) is 5.41 Å². The highest BCUT2D eigenvalue weighted by Gasteiger charge is 2.37. The molecular formula is C11H21N3O2. The molecule has 4 N–H and O–H groups in total. The molecule has 1 amide bonds. The van der Waals surface area contributed by atoms with Crippen molar-refractivity contribution in [1.29, 1.82) is 0 Å². The fourth-order valence-corrected chi connectivity index (χ4v) is 2.17. The smallest absolute Gasteiger partial charge is 0.226 e. The van der Waals surface area contributed by atoms with Crippen LogP contribution in [0, 0.1) is 5.41 Å². The van der Waals surface area contributed by atoms with Crippen LogP contribution in [0.5, 0.6) is 0 Å². The topological polar surface area (TPSA) is 87.7 Å². The number of carbonyl (C=O) groups is 1. The Kier molecular flexibility index (Phi) is 4.15. The Morgan fingerprint density at radius 1 is 1.56 bits per heavy atom. The van der Waals surface area contributed by atoms with Crippen LogP contribution in [0.25, 0.3) is 0 Å². The molecule has 1 atom stereocenters. The van der Waals surface area contributed by atoms with Crippen molar-refractivity contribution in [3.63, 3.8) is 0 Å². The number of nitrogens with two attached hydrogens (primary N) is 1. The fourth-order valence-electron chi connectivity index (χ4n) is 2.17. The van der Waals surface area contributed by atoms with Gasteiger partial charge in [-0.15, -0.1) is 0 Å². The summed E-state index contributed by atoms with van der Waals surface area (Å²) in [6.45, 7) is 3.87. The van der Waals surface area contributed by atoms with Crippen LogP contribution in [0.2, 0.25) is 0 Å². The number of amides is 1. The lowest BCUT2D eigenvalue weighted by Crippen LogP contribution is -2.48. The summed E-state index contributed by atoms with van der Waals surface area (Å²) in [4.78, 5) is 12.1. The van der Waals surface area contributed by atoms with E-state index < -0.39 is 0 Å².